The van der Waals surface area contributed by atoms with Crippen molar-refractivity contribution >= 4 is 22.5 Å². The van der Waals surface area contributed by atoms with Crippen LogP contribution < -0.4 is 5.32 Å². The van der Waals surface area contributed by atoms with Crippen molar-refractivity contribution in [1.82, 2.24) is 19.9 Å². The van der Waals surface area contributed by atoms with Gasteiger partial charge < -0.3 is 9.73 Å². The Bertz CT molecular complexity index is 1080. The minimum absolute atomic E-state index is 0.0754. The number of carbonyl (C=O) groups is 1. The van der Waals surface area contributed by atoms with Crippen molar-refractivity contribution in [3.8, 4) is 0 Å². The lowest BCUT2D eigenvalue weighted by atomic mass is 10.0. The number of benzene rings is 1. The molecule has 1 amide bonds. The molecule has 0 atom stereocenters. The molecule has 0 spiro atoms. The third kappa shape index (κ3) is 2.76. The summed E-state index contributed by atoms with van der Waals surface area (Å²) >= 11 is 0. The molecule has 126 valence electrons. The number of pyridine rings is 1. The van der Waals surface area contributed by atoms with Gasteiger partial charge in [0, 0.05) is 17.1 Å². The number of fused-ring (bicyclic) bond motifs is 2. The van der Waals surface area contributed by atoms with Crippen LogP contribution >= 0.6 is 0 Å². The third-order valence-electron chi connectivity index (χ3n) is 4.52. The first-order chi connectivity index (χ1) is 12.1. The Labute approximate surface area is 144 Å². The highest BCUT2D eigenvalue weighted by molar-refractivity contribution is 5.89. The zero-order valence-corrected chi connectivity index (χ0v) is 14.1. The fourth-order valence-electron chi connectivity index (χ4n) is 2.95. The second-order valence-electron chi connectivity index (χ2n) is 6.14. The van der Waals surface area contributed by atoms with Crippen LogP contribution in [0.2, 0.25) is 0 Å². The third-order valence-corrected chi connectivity index (χ3v) is 4.52. The molecular weight excluding hydrogens is 316 g/mol. The average molecular weight is 334 g/mol. The van der Waals surface area contributed by atoms with Gasteiger partial charge in [-0.2, -0.15) is 0 Å². The number of aryl methyl sites for hydroxylation is 2. The second-order valence-corrected chi connectivity index (χ2v) is 6.14. The molecule has 1 N–H and O–H groups in total. The molecule has 0 aliphatic heterocycles. The first kappa shape index (κ1) is 15.4. The Hall–Kier alpha value is -3.15. The molecule has 0 unspecified atom stereocenters. The van der Waals surface area contributed by atoms with Gasteiger partial charge >= 0.3 is 0 Å². The quantitative estimate of drug-likeness (QED) is 0.623. The summed E-state index contributed by atoms with van der Waals surface area (Å²) in [5.41, 5.74) is 4.79. The van der Waals surface area contributed by atoms with Crippen LogP contribution in [0.15, 0.2) is 47.2 Å². The van der Waals surface area contributed by atoms with Gasteiger partial charge in [0.15, 0.2) is 11.5 Å². The van der Waals surface area contributed by atoms with Gasteiger partial charge in [-0.15, -0.1) is 10.2 Å². The van der Waals surface area contributed by atoms with E-state index in [1.807, 2.05) is 48.7 Å². The van der Waals surface area contributed by atoms with Crippen molar-refractivity contribution < 1.29 is 9.21 Å². The maximum absolute atomic E-state index is 12.3. The van der Waals surface area contributed by atoms with Crippen molar-refractivity contribution in [2.45, 2.75) is 26.8 Å². The number of aromatic nitrogens is 3. The number of nitrogens with one attached hydrogen (secondary N) is 1. The van der Waals surface area contributed by atoms with E-state index in [1.54, 1.807) is 6.26 Å². The molecule has 0 bridgehead atoms. The lowest BCUT2D eigenvalue weighted by Crippen LogP contribution is -2.25. The van der Waals surface area contributed by atoms with Crippen molar-refractivity contribution in [1.29, 1.82) is 0 Å². The number of nitrogens with zero attached hydrogens (tertiary/aromatic N) is 3. The Kier molecular flexibility index (Phi) is 3.72. The molecular formula is C19H18N4O2. The molecule has 0 saturated carbocycles. The predicted molar refractivity (Wildman–Crippen MR) is 94.2 cm³/mol. The lowest BCUT2D eigenvalue weighted by molar-refractivity contribution is -0.120. The van der Waals surface area contributed by atoms with E-state index in [4.69, 9.17) is 4.42 Å². The number of rotatable bonds is 4. The molecule has 1 aromatic carbocycles. The van der Waals surface area contributed by atoms with Gasteiger partial charge in [0.05, 0.1) is 19.2 Å². The Morgan fingerprint density at radius 3 is 2.96 bits per heavy atom. The Morgan fingerprint density at radius 2 is 2.08 bits per heavy atom. The average Bonchev–Trinajstić information content (AvgIpc) is 3.21. The standard InChI is InChI=1S/C19H18N4O2/c1-12-6-7-15-14(11-25-19(15)13(12)2)9-18(24)20-10-17-22-21-16-5-3-4-8-23(16)17/h3-8,11H,9-10H2,1-2H3,(H,20,24). The molecule has 3 heterocycles. The number of furan rings is 1. The topological polar surface area (TPSA) is 72.4 Å². The minimum atomic E-state index is -0.0754. The Balaban J connectivity index is 1.48. The van der Waals surface area contributed by atoms with Crippen LogP contribution in [0.3, 0.4) is 0 Å². The lowest BCUT2D eigenvalue weighted by Gasteiger charge is -2.04. The van der Waals surface area contributed by atoms with Crippen LogP contribution in [-0.2, 0) is 17.8 Å². The highest BCUT2D eigenvalue weighted by Crippen LogP contribution is 2.26. The summed E-state index contributed by atoms with van der Waals surface area (Å²) in [6.45, 7) is 4.41. The summed E-state index contributed by atoms with van der Waals surface area (Å²) < 4.78 is 7.52. The molecule has 25 heavy (non-hydrogen) atoms. The van der Waals surface area contributed by atoms with Crippen molar-refractivity contribution in [3.63, 3.8) is 0 Å². The second kappa shape index (κ2) is 6.05. The minimum Gasteiger partial charge on any atom is -0.464 e. The molecule has 4 rings (SSSR count). The number of carbonyl (C=O) groups excluding carboxylic acids is 1. The van der Waals surface area contributed by atoms with Gasteiger partial charge in [-0.1, -0.05) is 18.2 Å². The van der Waals surface area contributed by atoms with Crippen LogP contribution in [0, 0.1) is 13.8 Å². The zero-order valence-electron chi connectivity index (χ0n) is 14.1. The molecule has 0 fully saturated rings. The fourth-order valence-corrected chi connectivity index (χ4v) is 2.95. The van der Waals surface area contributed by atoms with E-state index in [9.17, 15) is 4.79 Å². The molecule has 0 aliphatic rings. The van der Waals surface area contributed by atoms with E-state index < -0.39 is 0 Å². The van der Waals surface area contributed by atoms with E-state index in [1.165, 1.54) is 5.56 Å². The van der Waals surface area contributed by atoms with Gasteiger partial charge in [0.2, 0.25) is 5.91 Å². The molecule has 3 aromatic heterocycles. The van der Waals surface area contributed by atoms with Gasteiger partial charge in [-0.05, 0) is 37.1 Å². The molecule has 6 nitrogen and oxygen atoms in total. The SMILES string of the molecule is Cc1ccc2c(CC(=O)NCc3nnc4ccccn34)coc2c1C. The van der Waals surface area contributed by atoms with E-state index >= 15 is 0 Å². The molecule has 0 aliphatic carbocycles. The van der Waals surface area contributed by atoms with Crippen LogP contribution in [0.5, 0.6) is 0 Å². The highest BCUT2D eigenvalue weighted by Gasteiger charge is 2.13. The summed E-state index contributed by atoms with van der Waals surface area (Å²) in [5.74, 6) is 0.626. The van der Waals surface area contributed by atoms with Crippen LogP contribution in [0.4, 0.5) is 0 Å². The molecule has 0 saturated heterocycles. The summed E-state index contributed by atoms with van der Waals surface area (Å²) in [6, 6.07) is 9.75. The van der Waals surface area contributed by atoms with Crippen LogP contribution in [0.25, 0.3) is 16.6 Å². The largest absolute Gasteiger partial charge is 0.464 e. The highest BCUT2D eigenvalue weighted by atomic mass is 16.3. The first-order valence-electron chi connectivity index (χ1n) is 8.15. The van der Waals surface area contributed by atoms with Crippen molar-refractivity contribution in [3.05, 3.63) is 65.3 Å². The monoisotopic (exact) mass is 334 g/mol. The van der Waals surface area contributed by atoms with Gasteiger partial charge in [-0.3, -0.25) is 9.20 Å². The summed E-state index contributed by atoms with van der Waals surface area (Å²) in [6.07, 6.45) is 3.82. The predicted octanol–water partition coefficient (Wildman–Crippen LogP) is 2.95. The maximum atomic E-state index is 12.3. The van der Waals surface area contributed by atoms with E-state index in [0.717, 1.165) is 27.7 Å². The first-order valence-corrected chi connectivity index (χ1v) is 8.15. The summed E-state index contributed by atoms with van der Waals surface area (Å²) in [7, 11) is 0. The summed E-state index contributed by atoms with van der Waals surface area (Å²) in [4.78, 5) is 12.3. The molecule has 6 heteroatoms. The summed E-state index contributed by atoms with van der Waals surface area (Å²) in [5, 5.41) is 12.1. The van der Waals surface area contributed by atoms with E-state index in [0.29, 0.717) is 12.4 Å². The van der Waals surface area contributed by atoms with Gasteiger partial charge in [0.1, 0.15) is 5.58 Å². The number of hydrogen-bond acceptors (Lipinski definition) is 4. The number of hydrogen-bond donors (Lipinski definition) is 1. The van der Waals surface area contributed by atoms with Crippen LogP contribution in [0.1, 0.15) is 22.5 Å². The molecule has 4 aromatic rings. The fraction of sp³-hybridized carbons (Fsp3) is 0.211. The van der Waals surface area contributed by atoms with Crippen LogP contribution in [-0.4, -0.2) is 20.5 Å². The van der Waals surface area contributed by atoms with Gasteiger partial charge in [0.25, 0.3) is 0 Å². The van der Waals surface area contributed by atoms with Crippen molar-refractivity contribution in [2.75, 3.05) is 0 Å². The number of amides is 1. The van der Waals surface area contributed by atoms with Crippen molar-refractivity contribution in [2.24, 2.45) is 0 Å². The normalized spacial score (nSPS) is 11.3. The molecule has 0 radical (unpaired) electrons. The van der Waals surface area contributed by atoms with E-state index in [2.05, 4.69) is 21.6 Å². The maximum Gasteiger partial charge on any atom is 0.224 e. The smallest absolute Gasteiger partial charge is 0.224 e. The Morgan fingerprint density at radius 1 is 1.20 bits per heavy atom. The zero-order chi connectivity index (χ0) is 17.4. The van der Waals surface area contributed by atoms with E-state index in [-0.39, 0.29) is 12.3 Å². The van der Waals surface area contributed by atoms with Gasteiger partial charge in [-0.25, -0.2) is 0 Å².